The Morgan fingerprint density at radius 3 is 2.39 bits per heavy atom. The predicted octanol–water partition coefficient (Wildman–Crippen LogP) is 5.54. The second-order valence-electron chi connectivity index (χ2n) is 6.18. The van der Waals surface area contributed by atoms with Crippen molar-refractivity contribution in [2.75, 3.05) is 0 Å². The second-order valence-corrected chi connectivity index (χ2v) is 6.18. The van der Waals surface area contributed by atoms with Gasteiger partial charge in [-0.1, -0.05) is 61.9 Å². The van der Waals surface area contributed by atoms with Gasteiger partial charge in [-0.25, -0.2) is 0 Å². The largest absolute Gasteiger partial charge is 0.341 e. The van der Waals surface area contributed by atoms with E-state index < -0.39 is 0 Å². The lowest BCUT2D eigenvalue weighted by Crippen LogP contribution is -2.09. The molecular formula is C21H23NO. The zero-order chi connectivity index (χ0) is 16.4. The molecule has 0 aliphatic rings. The van der Waals surface area contributed by atoms with Gasteiger partial charge in [-0.2, -0.15) is 0 Å². The Balaban J connectivity index is 2.22. The lowest BCUT2D eigenvalue weighted by Gasteiger charge is -2.17. The maximum atomic E-state index is 13.1. The highest BCUT2D eigenvalue weighted by Gasteiger charge is 2.22. The van der Waals surface area contributed by atoms with Crippen LogP contribution in [0.25, 0.3) is 10.9 Å². The van der Waals surface area contributed by atoms with E-state index >= 15 is 0 Å². The number of fused-ring (bicyclic) bond motifs is 1. The van der Waals surface area contributed by atoms with Gasteiger partial charge in [0.25, 0.3) is 0 Å². The number of nitrogens with zero attached hydrogens (tertiary/aromatic N) is 1. The molecule has 1 unspecified atom stereocenters. The van der Waals surface area contributed by atoms with Crippen molar-refractivity contribution in [1.29, 1.82) is 0 Å². The van der Waals surface area contributed by atoms with Crippen LogP contribution in [0, 0.1) is 6.92 Å². The lowest BCUT2D eigenvalue weighted by atomic mass is 10.0. The Labute approximate surface area is 137 Å². The molecule has 0 aliphatic carbocycles. The summed E-state index contributed by atoms with van der Waals surface area (Å²) < 4.78 is 2.33. The van der Waals surface area contributed by atoms with Crippen molar-refractivity contribution >= 4 is 16.7 Å². The van der Waals surface area contributed by atoms with Gasteiger partial charge in [0.1, 0.15) is 0 Å². The fourth-order valence-corrected chi connectivity index (χ4v) is 3.53. The first-order valence-corrected chi connectivity index (χ1v) is 8.34. The molecule has 118 valence electrons. The van der Waals surface area contributed by atoms with Crippen LogP contribution in [-0.2, 0) is 0 Å². The molecule has 0 saturated carbocycles. The average Bonchev–Trinajstić information content (AvgIpc) is 2.87. The molecular weight excluding hydrogens is 282 g/mol. The van der Waals surface area contributed by atoms with Gasteiger partial charge in [0.2, 0.25) is 0 Å². The van der Waals surface area contributed by atoms with E-state index in [9.17, 15) is 4.79 Å². The maximum Gasteiger partial charge on any atom is 0.195 e. The number of hydrogen-bond acceptors (Lipinski definition) is 1. The van der Waals surface area contributed by atoms with Crippen molar-refractivity contribution in [1.82, 2.24) is 4.57 Å². The molecule has 0 amide bonds. The summed E-state index contributed by atoms with van der Waals surface area (Å²) >= 11 is 0. The number of hydrogen-bond donors (Lipinski definition) is 0. The van der Waals surface area contributed by atoms with Crippen molar-refractivity contribution in [3.8, 4) is 0 Å². The number of para-hydroxylation sites is 1. The van der Waals surface area contributed by atoms with Crippen LogP contribution in [0.2, 0.25) is 0 Å². The Kier molecular flexibility index (Phi) is 4.33. The monoisotopic (exact) mass is 305 g/mol. The summed E-state index contributed by atoms with van der Waals surface area (Å²) in [7, 11) is 0. The molecule has 1 atom stereocenters. The topological polar surface area (TPSA) is 22.0 Å². The molecule has 0 N–H and O–H groups in total. The van der Waals surface area contributed by atoms with E-state index in [-0.39, 0.29) is 5.78 Å². The number of rotatable bonds is 5. The number of benzene rings is 2. The number of ketones is 1. The van der Waals surface area contributed by atoms with Gasteiger partial charge in [-0.15, -0.1) is 0 Å². The van der Waals surface area contributed by atoms with Crippen LogP contribution in [0.5, 0.6) is 0 Å². The molecule has 0 fully saturated rings. The Bertz CT molecular complexity index is 830. The average molecular weight is 305 g/mol. The first kappa shape index (κ1) is 15.5. The number of carbonyl (C=O) groups is 1. The molecule has 0 spiro atoms. The smallest absolute Gasteiger partial charge is 0.195 e. The van der Waals surface area contributed by atoms with Crippen LogP contribution in [0.1, 0.15) is 54.3 Å². The first-order chi connectivity index (χ1) is 11.1. The van der Waals surface area contributed by atoms with Gasteiger partial charge in [0, 0.05) is 28.2 Å². The van der Waals surface area contributed by atoms with E-state index in [2.05, 4.69) is 37.5 Å². The van der Waals surface area contributed by atoms with Crippen LogP contribution in [0.15, 0.2) is 54.6 Å². The highest BCUT2D eigenvalue weighted by molar-refractivity contribution is 6.17. The van der Waals surface area contributed by atoms with Gasteiger partial charge in [-0.05, 0) is 26.3 Å². The first-order valence-electron chi connectivity index (χ1n) is 8.34. The zero-order valence-electron chi connectivity index (χ0n) is 14.0. The van der Waals surface area contributed by atoms with E-state index in [1.165, 1.54) is 0 Å². The molecule has 23 heavy (non-hydrogen) atoms. The van der Waals surface area contributed by atoms with Crippen molar-refractivity contribution in [3.05, 3.63) is 71.4 Å². The molecule has 0 radical (unpaired) electrons. The SMILES string of the molecule is CCCC(C)n1c(C)c(C(=O)c2ccccc2)c2ccccc21. The lowest BCUT2D eigenvalue weighted by molar-refractivity contribution is 0.103. The summed E-state index contributed by atoms with van der Waals surface area (Å²) in [6, 6.07) is 18.2. The van der Waals surface area contributed by atoms with Crippen LogP contribution < -0.4 is 0 Å². The normalized spacial score (nSPS) is 12.5. The molecule has 2 heteroatoms. The molecule has 1 heterocycles. The predicted molar refractivity (Wildman–Crippen MR) is 96.2 cm³/mol. The Morgan fingerprint density at radius 2 is 1.70 bits per heavy atom. The highest BCUT2D eigenvalue weighted by atomic mass is 16.1. The molecule has 1 aromatic heterocycles. The Morgan fingerprint density at radius 1 is 1.04 bits per heavy atom. The van der Waals surface area contributed by atoms with E-state index in [1.54, 1.807) is 0 Å². The molecule has 0 saturated heterocycles. The van der Waals surface area contributed by atoms with Crippen molar-refractivity contribution in [2.24, 2.45) is 0 Å². The minimum Gasteiger partial charge on any atom is -0.341 e. The minimum atomic E-state index is 0.113. The van der Waals surface area contributed by atoms with E-state index in [1.807, 2.05) is 42.5 Å². The summed E-state index contributed by atoms with van der Waals surface area (Å²) in [4.78, 5) is 13.1. The quantitative estimate of drug-likeness (QED) is 0.567. The molecule has 2 aromatic carbocycles. The zero-order valence-corrected chi connectivity index (χ0v) is 14.0. The van der Waals surface area contributed by atoms with Crippen LogP contribution in [-0.4, -0.2) is 10.4 Å². The third kappa shape index (κ3) is 2.70. The van der Waals surface area contributed by atoms with E-state index in [0.29, 0.717) is 6.04 Å². The van der Waals surface area contributed by atoms with Crippen molar-refractivity contribution in [3.63, 3.8) is 0 Å². The van der Waals surface area contributed by atoms with Gasteiger partial charge >= 0.3 is 0 Å². The van der Waals surface area contributed by atoms with Crippen molar-refractivity contribution in [2.45, 2.75) is 39.7 Å². The van der Waals surface area contributed by atoms with Gasteiger partial charge in [-0.3, -0.25) is 4.79 Å². The molecule has 3 rings (SSSR count). The fourth-order valence-electron chi connectivity index (χ4n) is 3.53. The van der Waals surface area contributed by atoms with Crippen LogP contribution in [0.3, 0.4) is 0 Å². The van der Waals surface area contributed by atoms with Crippen molar-refractivity contribution < 1.29 is 4.79 Å². The number of carbonyl (C=O) groups excluding carboxylic acids is 1. The summed E-state index contributed by atoms with van der Waals surface area (Å²) in [5.74, 6) is 0.113. The molecule has 3 aromatic rings. The third-order valence-corrected chi connectivity index (χ3v) is 4.57. The molecule has 0 bridgehead atoms. The van der Waals surface area contributed by atoms with E-state index in [4.69, 9.17) is 0 Å². The van der Waals surface area contributed by atoms with Gasteiger partial charge in [0.05, 0.1) is 5.56 Å². The third-order valence-electron chi connectivity index (χ3n) is 4.57. The van der Waals surface area contributed by atoms with Crippen LogP contribution in [0.4, 0.5) is 0 Å². The maximum absolute atomic E-state index is 13.1. The van der Waals surface area contributed by atoms with E-state index in [0.717, 1.165) is 40.6 Å². The summed E-state index contributed by atoms with van der Waals surface area (Å²) in [5, 5.41) is 1.06. The minimum absolute atomic E-state index is 0.113. The molecule has 0 aliphatic heterocycles. The summed E-state index contributed by atoms with van der Waals surface area (Å²) in [6.45, 7) is 6.51. The highest BCUT2D eigenvalue weighted by Crippen LogP contribution is 2.32. The van der Waals surface area contributed by atoms with Gasteiger partial charge < -0.3 is 4.57 Å². The summed E-state index contributed by atoms with van der Waals surface area (Å²) in [5.41, 5.74) is 3.82. The molecule has 2 nitrogen and oxygen atoms in total. The van der Waals surface area contributed by atoms with Gasteiger partial charge in [0.15, 0.2) is 5.78 Å². The fraction of sp³-hybridized carbons (Fsp3) is 0.286. The van der Waals surface area contributed by atoms with Crippen LogP contribution >= 0.6 is 0 Å². The second kappa shape index (κ2) is 6.41. The summed E-state index contributed by atoms with van der Waals surface area (Å²) in [6.07, 6.45) is 2.24. The number of aromatic nitrogens is 1. The standard InChI is InChI=1S/C21H23NO/c1-4-10-15(2)22-16(3)20(18-13-8-9-14-19(18)22)21(23)17-11-6-5-7-12-17/h5-9,11-15H,4,10H2,1-3H3. The Hall–Kier alpha value is -2.35.